The zero-order chi connectivity index (χ0) is 12.2. The van der Waals surface area contributed by atoms with Crippen LogP contribution in [0, 0.1) is 6.92 Å². The topological polar surface area (TPSA) is 72.2 Å². The molecule has 1 atom stereocenters. The summed E-state index contributed by atoms with van der Waals surface area (Å²) in [6, 6.07) is 5.99. The number of hydrogen-bond acceptors (Lipinski definition) is 4. The third kappa shape index (κ3) is 3.64. The molecule has 0 fully saturated rings. The molecule has 1 rings (SSSR count). The maximum Gasteiger partial charge on any atom is 0.240 e. The Morgan fingerprint density at radius 2 is 2.00 bits per heavy atom. The smallest absolute Gasteiger partial charge is 0.240 e. The first kappa shape index (κ1) is 13.2. The number of nitrogens with two attached hydrogens (primary N) is 1. The maximum atomic E-state index is 11.7. The lowest BCUT2D eigenvalue weighted by Crippen LogP contribution is -2.37. The Morgan fingerprint density at radius 1 is 1.44 bits per heavy atom. The van der Waals surface area contributed by atoms with Gasteiger partial charge in [0.05, 0.1) is 10.9 Å². The molecule has 0 bridgehead atoms. The van der Waals surface area contributed by atoms with Crippen LogP contribution >= 0.6 is 12.2 Å². The number of nitrogens with one attached hydrogen (secondary N) is 1. The lowest BCUT2D eigenvalue weighted by atomic mass is 10.2. The maximum absolute atomic E-state index is 11.7. The van der Waals surface area contributed by atoms with E-state index in [1.165, 1.54) is 0 Å². The van der Waals surface area contributed by atoms with Crippen molar-refractivity contribution in [2.24, 2.45) is 5.73 Å². The molecular weight excluding hydrogens is 244 g/mol. The zero-order valence-corrected chi connectivity index (χ0v) is 10.4. The highest BCUT2D eigenvalue weighted by Crippen LogP contribution is 2.09. The molecule has 6 heteroatoms. The number of thiocarbonyl (C=S) groups is 1. The average molecular weight is 257 g/mol. The monoisotopic (exact) mass is 257 g/mol. The second-order valence-electron chi connectivity index (χ2n) is 3.39. The SMILES string of the molecule is Cc1ccc(S(=O)(=O)NCC(N)[C]=S)cc1. The fourth-order valence-electron chi connectivity index (χ4n) is 1.04. The van der Waals surface area contributed by atoms with E-state index in [-0.39, 0.29) is 11.4 Å². The van der Waals surface area contributed by atoms with Gasteiger partial charge in [0.2, 0.25) is 10.0 Å². The summed E-state index contributed by atoms with van der Waals surface area (Å²) in [5.41, 5.74) is 6.44. The molecule has 1 aromatic carbocycles. The highest BCUT2D eigenvalue weighted by molar-refractivity contribution is 7.89. The van der Waals surface area contributed by atoms with Gasteiger partial charge in [0, 0.05) is 11.9 Å². The van der Waals surface area contributed by atoms with Gasteiger partial charge in [-0.3, -0.25) is 0 Å². The van der Waals surface area contributed by atoms with E-state index in [0.29, 0.717) is 0 Å². The lowest BCUT2D eigenvalue weighted by Gasteiger charge is -2.08. The van der Waals surface area contributed by atoms with Crippen LogP contribution in [-0.4, -0.2) is 26.4 Å². The van der Waals surface area contributed by atoms with E-state index in [0.717, 1.165) is 5.56 Å². The first-order valence-electron chi connectivity index (χ1n) is 4.65. The van der Waals surface area contributed by atoms with Crippen LogP contribution in [-0.2, 0) is 10.0 Å². The Kier molecular flexibility index (Phi) is 4.55. The first-order valence-corrected chi connectivity index (χ1v) is 6.54. The minimum atomic E-state index is -3.50. The molecule has 1 aromatic rings. The molecule has 0 spiro atoms. The number of sulfonamides is 1. The van der Waals surface area contributed by atoms with Crippen molar-refractivity contribution >= 4 is 27.6 Å². The van der Waals surface area contributed by atoms with E-state index in [1.807, 2.05) is 6.92 Å². The summed E-state index contributed by atoms with van der Waals surface area (Å²) in [6.45, 7) is 1.95. The molecule has 0 aromatic heterocycles. The van der Waals surface area contributed by atoms with Crippen molar-refractivity contribution in [2.75, 3.05) is 6.54 Å². The van der Waals surface area contributed by atoms with Crippen molar-refractivity contribution < 1.29 is 8.42 Å². The van der Waals surface area contributed by atoms with Crippen LogP contribution in [0.3, 0.4) is 0 Å². The van der Waals surface area contributed by atoms with Gasteiger partial charge < -0.3 is 5.73 Å². The molecular formula is C10H13N2O2S2. The lowest BCUT2D eigenvalue weighted by molar-refractivity contribution is 0.580. The molecule has 1 radical (unpaired) electrons. The largest absolute Gasteiger partial charge is 0.322 e. The van der Waals surface area contributed by atoms with Crippen molar-refractivity contribution in [1.82, 2.24) is 4.72 Å². The normalized spacial score (nSPS) is 13.4. The standard InChI is InChI=1S/C10H13N2O2S2/c1-8-2-4-10(5-3-8)16(13,14)12-6-9(11)7-15/h2-5,9,12H,6,11H2,1H3. The molecule has 0 aliphatic rings. The van der Waals surface area contributed by atoms with Crippen LogP contribution < -0.4 is 10.5 Å². The molecule has 16 heavy (non-hydrogen) atoms. The minimum Gasteiger partial charge on any atom is -0.322 e. The van der Waals surface area contributed by atoms with Gasteiger partial charge >= 0.3 is 0 Å². The molecule has 0 aliphatic heterocycles. The zero-order valence-electron chi connectivity index (χ0n) is 8.80. The van der Waals surface area contributed by atoms with Crippen LogP contribution in [0.5, 0.6) is 0 Å². The van der Waals surface area contributed by atoms with Gasteiger partial charge in [-0.15, -0.1) is 0 Å². The molecule has 0 aliphatic carbocycles. The summed E-state index contributed by atoms with van der Waals surface area (Å²) in [7, 11) is -3.50. The predicted molar refractivity (Wildman–Crippen MR) is 66.9 cm³/mol. The summed E-state index contributed by atoms with van der Waals surface area (Å²) < 4.78 is 25.8. The van der Waals surface area contributed by atoms with Crippen molar-refractivity contribution in [1.29, 1.82) is 0 Å². The third-order valence-corrected chi connectivity index (χ3v) is 3.72. The summed E-state index contributed by atoms with van der Waals surface area (Å²) >= 11 is 4.49. The molecule has 3 N–H and O–H groups in total. The van der Waals surface area contributed by atoms with Crippen LogP contribution in [0.25, 0.3) is 0 Å². The van der Waals surface area contributed by atoms with Gasteiger partial charge in [0.15, 0.2) is 0 Å². The summed E-state index contributed by atoms with van der Waals surface area (Å²) in [6.07, 6.45) is 0. The highest BCUT2D eigenvalue weighted by atomic mass is 32.2. The van der Waals surface area contributed by atoms with Gasteiger partial charge in [0.25, 0.3) is 0 Å². The van der Waals surface area contributed by atoms with E-state index in [2.05, 4.69) is 22.3 Å². The quantitative estimate of drug-likeness (QED) is 0.753. The van der Waals surface area contributed by atoms with Gasteiger partial charge in [-0.25, -0.2) is 13.1 Å². The van der Waals surface area contributed by atoms with Crippen LogP contribution in [0.15, 0.2) is 29.2 Å². The van der Waals surface area contributed by atoms with E-state index in [1.54, 1.807) is 24.3 Å². The second kappa shape index (κ2) is 5.49. The number of benzene rings is 1. The number of rotatable bonds is 5. The second-order valence-corrected chi connectivity index (χ2v) is 5.39. The molecule has 0 amide bonds. The van der Waals surface area contributed by atoms with Gasteiger partial charge in [-0.2, -0.15) is 0 Å². The van der Waals surface area contributed by atoms with Gasteiger partial charge in [0.1, 0.15) is 0 Å². The van der Waals surface area contributed by atoms with E-state index in [9.17, 15) is 8.42 Å². The molecule has 4 nitrogen and oxygen atoms in total. The number of aryl methyl sites for hydroxylation is 1. The average Bonchev–Trinajstić information content (AvgIpc) is 2.26. The van der Waals surface area contributed by atoms with Crippen molar-refractivity contribution in [3.63, 3.8) is 0 Å². The molecule has 0 saturated carbocycles. The van der Waals surface area contributed by atoms with E-state index < -0.39 is 16.1 Å². The molecule has 0 heterocycles. The molecule has 1 unspecified atom stereocenters. The summed E-state index contributed by atoms with van der Waals surface area (Å²) in [4.78, 5) is 0.217. The van der Waals surface area contributed by atoms with Gasteiger partial charge in [-0.05, 0) is 19.1 Å². The van der Waals surface area contributed by atoms with Crippen LogP contribution in [0.1, 0.15) is 5.56 Å². The Balaban J connectivity index is 2.78. The Labute approximate surface area is 101 Å². The van der Waals surface area contributed by atoms with Crippen molar-refractivity contribution in [3.8, 4) is 0 Å². The fraction of sp³-hybridized carbons (Fsp3) is 0.300. The summed E-state index contributed by atoms with van der Waals surface area (Å²) in [5, 5.41) is 2.33. The molecule has 87 valence electrons. The van der Waals surface area contributed by atoms with E-state index >= 15 is 0 Å². The third-order valence-electron chi connectivity index (χ3n) is 1.98. The number of hydrogen-bond donors (Lipinski definition) is 2. The predicted octanol–water partition coefficient (Wildman–Crippen LogP) is 0.477. The Morgan fingerprint density at radius 3 is 2.50 bits per heavy atom. The van der Waals surface area contributed by atoms with E-state index in [4.69, 9.17) is 5.73 Å². The molecule has 0 saturated heterocycles. The van der Waals surface area contributed by atoms with Crippen molar-refractivity contribution in [3.05, 3.63) is 29.8 Å². The first-order chi connectivity index (χ1) is 7.45. The van der Waals surface area contributed by atoms with Crippen LogP contribution in [0.2, 0.25) is 0 Å². The van der Waals surface area contributed by atoms with Crippen LogP contribution in [0.4, 0.5) is 0 Å². The Bertz CT molecular complexity index is 454. The minimum absolute atomic E-state index is 0.0553. The summed E-state index contributed by atoms with van der Waals surface area (Å²) in [5.74, 6) is 0. The Hall–Kier alpha value is -0.820. The highest BCUT2D eigenvalue weighted by Gasteiger charge is 2.13. The van der Waals surface area contributed by atoms with Gasteiger partial charge in [-0.1, -0.05) is 29.9 Å². The van der Waals surface area contributed by atoms with Crippen molar-refractivity contribution in [2.45, 2.75) is 17.9 Å². The fourth-order valence-corrected chi connectivity index (χ4v) is 2.19.